The van der Waals surface area contributed by atoms with Gasteiger partial charge in [-0.25, -0.2) is 0 Å². The minimum atomic E-state index is 0.416. The Morgan fingerprint density at radius 2 is 1.21 bits per heavy atom. The molecule has 0 atom stereocenters. The summed E-state index contributed by atoms with van der Waals surface area (Å²) in [6, 6.07) is 44.8. The Hall–Kier alpha value is -4.36. The van der Waals surface area contributed by atoms with Crippen molar-refractivity contribution in [2.24, 2.45) is 17.8 Å². The first kappa shape index (κ1) is 25.2. The highest BCUT2D eigenvalue weighted by Gasteiger charge is 2.51. The lowest BCUT2D eigenvalue weighted by molar-refractivity contribution is -0.00512. The number of nitrogens with zero attached hydrogens (tertiary/aromatic N) is 1. The van der Waals surface area contributed by atoms with Crippen molar-refractivity contribution in [1.82, 2.24) is 4.57 Å². The van der Waals surface area contributed by atoms with E-state index in [9.17, 15) is 0 Å². The van der Waals surface area contributed by atoms with E-state index in [1.807, 2.05) is 0 Å². The maximum Gasteiger partial charge on any atom is 0.0541 e. The van der Waals surface area contributed by atoms with Crippen LogP contribution in [0.4, 0.5) is 0 Å². The van der Waals surface area contributed by atoms with Gasteiger partial charge in [-0.1, -0.05) is 103 Å². The molecule has 4 saturated carbocycles. The van der Waals surface area contributed by atoms with Crippen LogP contribution in [-0.4, -0.2) is 4.57 Å². The minimum absolute atomic E-state index is 0.416. The molecule has 0 spiro atoms. The van der Waals surface area contributed by atoms with E-state index in [0.29, 0.717) is 5.41 Å². The molecule has 10 rings (SSSR count). The van der Waals surface area contributed by atoms with Gasteiger partial charge in [-0.05, 0) is 120 Å². The van der Waals surface area contributed by atoms with Crippen molar-refractivity contribution in [3.63, 3.8) is 0 Å². The fourth-order valence-corrected chi connectivity index (χ4v) is 9.49. The fraction of sp³-hybridized carbons (Fsp3) is 0.238. The quantitative estimate of drug-likeness (QED) is 0.186. The fourth-order valence-electron chi connectivity index (χ4n) is 9.49. The average Bonchev–Trinajstić information content (AvgIpc) is 3.38. The van der Waals surface area contributed by atoms with E-state index in [-0.39, 0.29) is 0 Å². The molecule has 4 fully saturated rings. The van der Waals surface area contributed by atoms with Crippen LogP contribution in [0.15, 0.2) is 121 Å². The second kappa shape index (κ2) is 9.85. The van der Waals surface area contributed by atoms with Crippen molar-refractivity contribution >= 4 is 34.0 Å². The molecule has 6 aromatic rings. The van der Waals surface area contributed by atoms with Crippen LogP contribution in [0.25, 0.3) is 50.8 Å². The van der Waals surface area contributed by atoms with Crippen molar-refractivity contribution in [3.8, 4) is 16.8 Å². The van der Waals surface area contributed by atoms with Gasteiger partial charge < -0.3 is 4.57 Å². The number of benzene rings is 5. The summed E-state index contributed by atoms with van der Waals surface area (Å²) in [6.07, 6.45) is 13.2. The van der Waals surface area contributed by atoms with Crippen molar-refractivity contribution in [2.45, 2.75) is 43.9 Å². The Kier molecular flexibility index (Phi) is 5.76. The van der Waals surface area contributed by atoms with Crippen LogP contribution in [0, 0.1) is 17.8 Å². The molecule has 1 heterocycles. The lowest BCUT2D eigenvalue weighted by Gasteiger charge is -2.57. The molecule has 5 aromatic carbocycles. The first-order valence-electron chi connectivity index (χ1n) is 16.2. The molecule has 0 unspecified atom stereocenters. The molecule has 0 aliphatic heterocycles. The van der Waals surface area contributed by atoms with Crippen LogP contribution in [0.3, 0.4) is 0 Å². The SMILES string of the molecule is C(=Cc1ccccc1-c1ccccc1)c1ccc(-n2c3ccccc3c3cc(C45CC6CC(CC(C6)C4)C5)ccc32)cc1. The minimum Gasteiger partial charge on any atom is -0.309 e. The first-order valence-corrected chi connectivity index (χ1v) is 16.2. The van der Waals surface area contributed by atoms with Gasteiger partial charge in [0.2, 0.25) is 0 Å². The highest BCUT2D eigenvalue weighted by molar-refractivity contribution is 6.09. The lowest BCUT2D eigenvalue weighted by atomic mass is 9.48. The van der Waals surface area contributed by atoms with Crippen molar-refractivity contribution in [1.29, 1.82) is 0 Å². The summed E-state index contributed by atoms with van der Waals surface area (Å²) in [5.41, 5.74) is 10.8. The standard InChI is InChI=1S/C42H37N/c1-2-8-33(9-3-1)37-11-5-4-10-34(37)17-14-29-15-19-36(20-16-29)43-40-13-7-6-12-38(40)39-25-35(18-21-41(39)43)42-26-30-22-31(27-42)24-32(23-30)28-42/h1-21,25,30-32H,22-24,26-28H2. The molecule has 43 heavy (non-hydrogen) atoms. The molecular weight excluding hydrogens is 518 g/mol. The van der Waals surface area contributed by atoms with Crippen LogP contribution in [0.5, 0.6) is 0 Å². The number of para-hydroxylation sites is 1. The molecule has 1 heteroatoms. The molecular formula is C42H37N. The predicted molar refractivity (Wildman–Crippen MR) is 181 cm³/mol. The zero-order chi connectivity index (χ0) is 28.4. The molecule has 4 bridgehead atoms. The summed E-state index contributed by atoms with van der Waals surface area (Å²) in [4.78, 5) is 0. The summed E-state index contributed by atoms with van der Waals surface area (Å²) in [7, 11) is 0. The number of aromatic nitrogens is 1. The van der Waals surface area contributed by atoms with Gasteiger partial charge in [0.15, 0.2) is 0 Å². The maximum atomic E-state index is 2.59. The molecule has 0 amide bonds. The summed E-state index contributed by atoms with van der Waals surface area (Å²) in [5, 5.41) is 2.77. The van der Waals surface area contributed by atoms with E-state index in [4.69, 9.17) is 0 Å². The zero-order valence-corrected chi connectivity index (χ0v) is 24.6. The Morgan fingerprint density at radius 1 is 0.558 bits per heavy atom. The second-order valence-electron chi connectivity index (χ2n) is 13.7. The maximum absolute atomic E-state index is 2.59. The van der Waals surface area contributed by atoms with E-state index < -0.39 is 0 Å². The summed E-state index contributed by atoms with van der Waals surface area (Å²) < 4.78 is 2.46. The van der Waals surface area contributed by atoms with Gasteiger partial charge >= 0.3 is 0 Å². The Labute approximate surface area is 254 Å². The van der Waals surface area contributed by atoms with E-state index >= 15 is 0 Å². The van der Waals surface area contributed by atoms with Gasteiger partial charge in [-0.2, -0.15) is 0 Å². The van der Waals surface area contributed by atoms with Crippen molar-refractivity contribution in [3.05, 3.63) is 138 Å². The lowest BCUT2D eigenvalue weighted by Crippen LogP contribution is -2.48. The van der Waals surface area contributed by atoms with Crippen LogP contribution in [-0.2, 0) is 5.41 Å². The van der Waals surface area contributed by atoms with Gasteiger partial charge in [-0.15, -0.1) is 0 Å². The van der Waals surface area contributed by atoms with Gasteiger partial charge in [0.25, 0.3) is 0 Å². The highest BCUT2D eigenvalue weighted by atomic mass is 15.0. The number of rotatable bonds is 5. The molecule has 1 nitrogen and oxygen atoms in total. The zero-order valence-electron chi connectivity index (χ0n) is 24.6. The second-order valence-corrected chi connectivity index (χ2v) is 13.7. The van der Waals surface area contributed by atoms with Gasteiger partial charge in [0, 0.05) is 16.5 Å². The third-order valence-electron chi connectivity index (χ3n) is 11.0. The average molecular weight is 556 g/mol. The predicted octanol–water partition coefficient (Wildman–Crippen LogP) is 11.1. The highest BCUT2D eigenvalue weighted by Crippen LogP contribution is 2.61. The normalized spacial score (nSPS) is 24.4. The largest absolute Gasteiger partial charge is 0.309 e. The molecule has 0 saturated heterocycles. The molecule has 0 radical (unpaired) electrons. The topological polar surface area (TPSA) is 4.93 Å². The molecule has 210 valence electrons. The van der Waals surface area contributed by atoms with E-state index in [1.54, 1.807) is 5.56 Å². The van der Waals surface area contributed by atoms with Gasteiger partial charge in [0.1, 0.15) is 0 Å². The Balaban J connectivity index is 1.07. The van der Waals surface area contributed by atoms with Gasteiger partial charge in [-0.3, -0.25) is 0 Å². The van der Waals surface area contributed by atoms with Crippen molar-refractivity contribution in [2.75, 3.05) is 0 Å². The van der Waals surface area contributed by atoms with Crippen LogP contribution in [0.1, 0.15) is 55.2 Å². The molecule has 4 aliphatic rings. The molecule has 4 aliphatic carbocycles. The Morgan fingerprint density at radius 3 is 1.98 bits per heavy atom. The molecule has 0 N–H and O–H groups in total. The third-order valence-corrected chi connectivity index (χ3v) is 11.0. The first-order chi connectivity index (χ1) is 21.2. The monoisotopic (exact) mass is 555 g/mol. The van der Waals surface area contributed by atoms with E-state index in [1.165, 1.54) is 88.3 Å². The van der Waals surface area contributed by atoms with Crippen molar-refractivity contribution < 1.29 is 0 Å². The Bertz CT molecular complexity index is 1950. The summed E-state index contributed by atoms with van der Waals surface area (Å²) in [6.45, 7) is 0. The van der Waals surface area contributed by atoms with Crippen LogP contribution < -0.4 is 0 Å². The number of fused-ring (bicyclic) bond motifs is 3. The molecule has 1 aromatic heterocycles. The third kappa shape index (κ3) is 4.20. The van der Waals surface area contributed by atoms with E-state index in [2.05, 4.69) is 138 Å². The smallest absolute Gasteiger partial charge is 0.0541 e. The number of hydrogen-bond acceptors (Lipinski definition) is 0. The number of hydrogen-bond donors (Lipinski definition) is 0. The summed E-state index contributed by atoms with van der Waals surface area (Å²) in [5.74, 6) is 2.88. The van der Waals surface area contributed by atoms with Crippen LogP contribution >= 0.6 is 0 Å². The van der Waals surface area contributed by atoms with Crippen LogP contribution in [0.2, 0.25) is 0 Å². The van der Waals surface area contributed by atoms with E-state index in [0.717, 1.165) is 17.8 Å². The summed E-state index contributed by atoms with van der Waals surface area (Å²) >= 11 is 0. The van der Waals surface area contributed by atoms with Gasteiger partial charge in [0.05, 0.1) is 11.0 Å².